The predicted molar refractivity (Wildman–Crippen MR) is 68.3 cm³/mol. The summed E-state index contributed by atoms with van der Waals surface area (Å²) in [6, 6.07) is 2.24. The molecular formula is C12H18ClN3O. The van der Waals surface area contributed by atoms with Gasteiger partial charge in [-0.1, -0.05) is 30.9 Å². The quantitative estimate of drug-likeness (QED) is 0.839. The number of rotatable bonds is 4. The minimum absolute atomic E-state index is 0.137. The third-order valence-electron chi connectivity index (χ3n) is 3.27. The van der Waals surface area contributed by atoms with Crippen molar-refractivity contribution in [2.24, 2.45) is 0 Å². The second-order valence-corrected chi connectivity index (χ2v) is 4.80. The molecule has 0 saturated heterocycles. The number of aromatic nitrogens is 2. The lowest BCUT2D eigenvalue weighted by Gasteiger charge is -2.34. The second kappa shape index (κ2) is 6.17. The van der Waals surface area contributed by atoms with Gasteiger partial charge in [-0.25, -0.2) is 9.97 Å². The van der Waals surface area contributed by atoms with Gasteiger partial charge in [-0.2, -0.15) is 0 Å². The summed E-state index contributed by atoms with van der Waals surface area (Å²) in [5.41, 5.74) is 0. The van der Waals surface area contributed by atoms with E-state index >= 15 is 0 Å². The normalized spacial score (nSPS) is 17.1. The molecule has 1 aromatic heterocycles. The summed E-state index contributed by atoms with van der Waals surface area (Å²) in [6.07, 6.45) is 7.64. The molecular weight excluding hydrogens is 238 g/mol. The van der Waals surface area contributed by atoms with Crippen LogP contribution in [0.4, 0.5) is 5.82 Å². The molecule has 2 rings (SSSR count). The van der Waals surface area contributed by atoms with E-state index < -0.39 is 0 Å². The third-order valence-corrected chi connectivity index (χ3v) is 3.48. The van der Waals surface area contributed by atoms with Crippen LogP contribution in [0.5, 0.6) is 0 Å². The zero-order chi connectivity index (χ0) is 12.1. The molecule has 4 nitrogen and oxygen atoms in total. The molecule has 1 heterocycles. The van der Waals surface area contributed by atoms with Crippen molar-refractivity contribution in [3.8, 4) is 0 Å². The lowest BCUT2D eigenvalue weighted by Crippen LogP contribution is -2.39. The Morgan fingerprint density at radius 1 is 1.29 bits per heavy atom. The van der Waals surface area contributed by atoms with E-state index in [1.807, 2.05) is 0 Å². The maximum Gasteiger partial charge on any atom is 0.134 e. The van der Waals surface area contributed by atoms with Gasteiger partial charge in [-0.3, -0.25) is 0 Å². The van der Waals surface area contributed by atoms with Crippen LogP contribution in [0.25, 0.3) is 0 Å². The first kappa shape index (κ1) is 12.6. The Morgan fingerprint density at radius 3 is 2.71 bits per heavy atom. The van der Waals surface area contributed by atoms with Gasteiger partial charge in [0.2, 0.25) is 0 Å². The highest BCUT2D eigenvalue weighted by molar-refractivity contribution is 6.29. The Bertz CT molecular complexity index is 355. The van der Waals surface area contributed by atoms with E-state index in [0.29, 0.717) is 17.7 Å². The highest BCUT2D eigenvalue weighted by Crippen LogP contribution is 2.26. The average molecular weight is 256 g/mol. The molecule has 0 amide bonds. The maximum absolute atomic E-state index is 9.18. The number of halogens is 1. The number of hydrogen-bond acceptors (Lipinski definition) is 4. The molecule has 94 valence electrons. The van der Waals surface area contributed by atoms with Crippen LogP contribution in [-0.4, -0.2) is 34.3 Å². The van der Waals surface area contributed by atoms with E-state index in [4.69, 9.17) is 11.6 Å². The van der Waals surface area contributed by atoms with Gasteiger partial charge in [0, 0.05) is 18.7 Å². The van der Waals surface area contributed by atoms with Gasteiger partial charge in [0.25, 0.3) is 0 Å². The van der Waals surface area contributed by atoms with Gasteiger partial charge < -0.3 is 10.0 Å². The Labute approximate surface area is 107 Å². The first-order valence-corrected chi connectivity index (χ1v) is 6.54. The summed E-state index contributed by atoms with van der Waals surface area (Å²) in [7, 11) is 0. The molecule has 0 aromatic carbocycles. The number of anilines is 1. The summed E-state index contributed by atoms with van der Waals surface area (Å²) in [5.74, 6) is 0.825. The largest absolute Gasteiger partial charge is 0.395 e. The van der Waals surface area contributed by atoms with Crippen LogP contribution >= 0.6 is 11.6 Å². The van der Waals surface area contributed by atoms with Crippen molar-refractivity contribution in [2.45, 2.75) is 38.1 Å². The number of hydrogen-bond donors (Lipinski definition) is 1. The van der Waals surface area contributed by atoms with Gasteiger partial charge in [0.05, 0.1) is 6.61 Å². The average Bonchev–Trinajstić information content (AvgIpc) is 2.37. The molecule has 1 N–H and O–H groups in total. The Kier molecular flexibility index (Phi) is 4.57. The smallest absolute Gasteiger partial charge is 0.134 e. The molecule has 5 heteroatoms. The van der Waals surface area contributed by atoms with Crippen LogP contribution in [0.2, 0.25) is 5.15 Å². The molecule has 0 spiro atoms. The molecule has 1 aliphatic rings. The van der Waals surface area contributed by atoms with E-state index in [1.165, 1.54) is 38.4 Å². The Morgan fingerprint density at radius 2 is 2.06 bits per heavy atom. The van der Waals surface area contributed by atoms with Gasteiger partial charge in [-0.15, -0.1) is 0 Å². The van der Waals surface area contributed by atoms with Crippen LogP contribution in [0, 0.1) is 0 Å². The summed E-state index contributed by atoms with van der Waals surface area (Å²) in [6.45, 7) is 0.746. The first-order valence-electron chi connectivity index (χ1n) is 6.16. The Hall–Kier alpha value is -0.870. The minimum Gasteiger partial charge on any atom is -0.395 e. The highest BCUT2D eigenvalue weighted by Gasteiger charge is 2.22. The minimum atomic E-state index is 0.137. The summed E-state index contributed by atoms with van der Waals surface area (Å²) >= 11 is 5.89. The molecule has 0 unspecified atom stereocenters. The van der Waals surface area contributed by atoms with E-state index in [0.717, 1.165) is 5.82 Å². The first-order chi connectivity index (χ1) is 8.31. The zero-order valence-corrected chi connectivity index (χ0v) is 10.6. The van der Waals surface area contributed by atoms with Crippen LogP contribution in [0.3, 0.4) is 0 Å². The van der Waals surface area contributed by atoms with Crippen molar-refractivity contribution in [2.75, 3.05) is 18.1 Å². The van der Waals surface area contributed by atoms with E-state index in [9.17, 15) is 5.11 Å². The van der Waals surface area contributed by atoms with Crippen molar-refractivity contribution >= 4 is 17.4 Å². The fraction of sp³-hybridized carbons (Fsp3) is 0.667. The third kappa shape index (κ3) is 3.30. The van der Waals surface area contributed by atoms with Gasteiger partial charge in [0.15, 0.2) is 0 Å². The van der Waals surface area contributed by atoms with E-state index in [2.05, 4.69) is 14.9 Å². The van der Waals surface area contributed by atoms with Gasteiger partial charge in [0.1, 0.15) is 17.3 Å². The monoisotopic (exact) mass is 255 g/mol. The SMILES string of the molecule is OCCN(c1cc(Cl)ncn1)C1CCCCC1. The fourth-order valence-electron chi connectivity index (χ4n) is 2.47. The van der Waals surface area contributed by atoms with Crippen molar-refractivity contribution in [1.82, 2.24) is 9.97 Å². The number of nitrogens with zero attached hydrogens (tertiary/aromatic N) is 3. The molecule has 0 atom stereocenters. The second-order valence-electron chi connectivity index (χ2n) is 4.41. The standard InChI is InChI=1S/C12H18ClN3O/c13-11-8-12(15-9-14-11)16(6-7-17)10-4-2-1-3-5-10/h8-10,17H,1-7H2. The molecule has 1 aliphatic carbocycles. The van der Waals surface area contributed by atoms with Crippen molar-refractivity contribution < 1.29 is 5.11 Å². The number of aliphatic hydroxyl groups is 1. The lowest BCUT2D eigenvalue weighted by molar-refractivity contribution is 0.289. The lowest BCUT2D eigenvalue weighted by atomic mass is 9.94. The highest BCUT2D eigenvalue weighted by atomic mass is 35.5. The molecule has 0 aliphatic heterocycles. The topological polar surface area (TPSA) is 49.2 Å². The summed E-state index contributed by atoms with van der Waals surface area (Å²) in [4.78, 5) is 10.3. The summed E-state index contributed by atoms with van der Waals surface area (Å²) in [5, 5.41) is 9.63. The van der Waals surface area contributed by atoms with Crippen LogP contribution in [0.1, 0.15) is 32.1 Å². The van der Waals surface area contributed by atoms with E-state index in [1.54, 1.807) is 6.07 Å². The van der Waals surface area contributed by atoms with Crippen molar-refractivity contribution in [3.05, 3.63) is 17.5 Å². The predicted octanol–water partition coefficient (Wildman–Crippen LogP) is 2.26. The van der Waals surface area contributed by atoms with Gasteiger partial charge >= 0.3 is 0 Å². The fourth-order valence-corrected chi connectivity index (χ4v) is 2.61. The zero-order valence-electron chi connectivity index (χ0n) is 9.85. The van der Waals surface area contributed by atoms with Crippen LogP contribution < -0.4 is 4.90 Å². The molecule has 0 radical (unpaired) electrons. The van der Waals surface area contributed by atoms with Gasteiger partial charge in [-0.05, 0) is 12.8 Å². The van der Waals surface area contributed by atoms with Crippen LogP contribution in [0.15, 0.2) is 12.4 Å². The van der Waals surface area contributed by atoms with Crippen molar-refractivity contribution in [3.63, 3.8) is 0 Å². The van der Waals surface area contributed by atoms with Crippen LogP contribution in [-0.2, 0) is 0 Å². The molecule has 1 fully saturated rings. The van der Waals surface area contributed by atoms with E-state index in [-0.39, 0.29) is 6.61 Å². The molecule has 17 heavy (non-hydrogen) atoms. The number of aliphatic hydroxyl groups excluding tert-OH is 1. The van der Waals surface area contributed by atoms with Crippen molar-refractivity contribution in [1.29, 1.82) is 0 Å². The summed E-state index contributed by atoms with van der Waals surface area (Å²) < 4.78 is 0. The molecule has 1 saturated carbocycles. The Balaban J connectivity index is 2.15. The molecule has 1 aromatic rings. The maximum atomic E-state index is 9.18. The molecule has 0 bridgehead atoms.